The average molecular weight is 325 g/mol. The lowest BCUT2D eigenvalue weighted by Crippen LogP contribution is -2.29. The van der Waals surface area contributed by atoms with Crippen LogP contribution in [-0.4, -0.2) is 9.78 Å². The van der Waals surface area contributed by atoms with Crippen LogP contribution in [0, 0.1) is 6.92 Å². The van der Waals surface area contributed by atoms with E-state index in [9.17, 15) is 0 Å². The summed E-state index contributed by atoms with van der Waals surface area (Å²) in [6.45, 7) is 1.93. The number of hydrogen-bond acceptors (Lipinski definition) is 4. The molecular formula is C15H21ClN4S. The van der Waals surface area contributed by atoms with Crippen LogP contribution < -0.4 is 11.3 Å². The van der Waals surface area contributed by atoms with Crippen LogP contribution >= 0.6 is 22.9 Å². The maximum absolute atomic E-state index is 6.36. The number of hydrazine groups is 1. The minimum Gasteiger partial charge on any atom is -0.271 e. The van der Waals surface area contributed by atoms with Gasteiger partial charge in [0.15, 0.2) is 0 Å². The third-order valence-electron chi connectivity index (χ3n) is 4.22. The second kappa shape index (κ2) is 6.08. The molecule has 0 saturated carbocycles. The number of aryl methyl sites for hydroxylation is 4. The Kier molecular flexibility index (Phi) is 4.36. The molecule has 0 aliphatic heterocycles. The summed E-state index contributed by atoms with van der Waals surface area (Å²) in [4.78, 5) is 2.84. The van der Waals surface area contributed by atoms with Gasteiger partial charge in [-0.25, -0.2) is 0 Å². The second-order valence-corrected chi connectivity index (χ2v) is 7.24. The van der Waals surface area contributed by atoms with Crippen molar-refractivity contribution in [1.29, 1.82) is 0 Å². The molecular weight excluding hydrogens is 304 g/mol. The number of rotatable bonds is 4. The molecule has 2 aromatic rings. The number of aromatic nitrogens is 2. The van der Waals surface area contributed by atoms with Gasteiger partial charge in [0.2, 0.25) is 0 Å². The van der Waals surface area contributed by atoms with Crippen LogP contribution in [0.15, 0.2) is 6.07 Å². The van der Waals surface area contributed by atoms with Gasteiger partial charge in [0.25, 0.3) is 0 Å². The zero-order valence-corrected chi connectivity index (χ0v) is 14.0. The molecule has 0 aromatic carbocycles. The summed E-state index contributed by atoms with van der Waals surface area (Å²) in [5.41, 5.74) is 6.36. The molecule has 1 aliphatic rings. The van der Waals surface area contributed by atoms with E-state index in [0.717, 1.165) is 22.8 Å². The van der Waals surface area contributed by atoms with Crippen LogP contribution in [-0.2, 0) is 26.3 Å². The van der Waals surface area contributed by atoms with E-state index in [-0.39, 0.29) is 6.04 Å². The number of nitrogens with two attached hydrogens (primary N) is 1. The molecule has 0 fully saturated rings. The van der Waals surface area contributed by atoms with Crippen molar-refractivity contribution in [2.45, 2.75) is 45.1 Å². The number of nitrogens with one attached hydrogen (secondary N) is 1. The molecule has 0 saturated heterocycles. The van der Waals surface area contributed by atoms with E-state index in [0.29, 0.717) is 0 Å². The summed E-state index contributed by atoms with van der Waals surface area (Å²) in [5, 5.41) is 5.13. The van der Waals surface area contributed by atoms with Crippen LogP contribution in [0.25, 0.3) is 0 Å². The molecule has 114 valence electrons. The lowest BCUT2D eigenvalue weighted by molar-refractivity contribution is 0.537. The fourth-order valence-corrected chi connectivity index (χ4v) is 4.58. The fourth-order valence-electron chi connectivity index (χ4n) is 3.02. The number of halogens is 1. The smallest absolute Gasteiger partial charge is 0.0847 e. The van der Waals surface area contributed by atoms with E-state index in [2.05, 4.69) is 16.6 Å². The molecule has 21 heavy (non-hydrogen) atoms. The Bertz CT molecular complexity index is 623. The molecule has 0 radical (unpaired) electrons. The van der Waals surface area contributed by atoms with E-state index >= 15 is 0 Å². The van der Waals surface area contributed by atoms with E-state index in [1.54, 1.807) is 0 Å². The molecule has 3 rings (SSSR count). The lowest BCUT2D eigenvalue weighted by Gasteiger charge is -2.14. The van der Waals surface area contributed by atoms with Crippen molar-refractivity contribution < 1.29 is 0 Å². The number of thiophene rings is 1. The van der Waals surface area contributed by atoms with Crippen LogP contribution in [0.3, 0.4) is 0 Å². The Morgan fingerprint density at radius 2 is 2.24 bits per heavy atom. The Labute approximate surface area is 134 Å². The molecule has 2 heterocycles. The van der Waals surface area contributed by atoms with E-state index < -0.39 is 0 Å². The predicted octanol–water partition coefficient (Wildman–Crippen LogP) is 3.07. The van der Waals surface area contributed by atoms with Gasteiger partial charge in [-0.2, -0.15) is 5.10 Å². The van der Waals surface area contributed by atoms with Gasteiger partial charge in [-0.15, -0.1) is 11.3 Å². The number of nitrogens with zero attached hydrogens (tertiary/aromatic N) is 2. The van der Waals surface area contributed by atoms with Crippen LogP contribution in [0.5, 0.6) is 0 Å². The van der Waals surface area contributed by atoms with Gasteiger partial charge in [0, 0.05) is 23.2 Å². The zero-order valence-electron chi connectivity index (χ0n) is 12.4. The molecule has 1 atom stereocenters. The predicted molar refractivity (Wildman–Crippen MR) is 87.7 cm³/mol. The number of hydrogen-bond donors (Lipinski definition) is 2. The van der Waals surface area contributed by atoms with Gasteiger partial charge in [-0.1, -0.05) is 11.6 Å². The van der Waals surface area contributed by atoms with Gasteiger partial charge in [-0.05, 0) is 44.2 Å². The molecule has 0 amide bonds. The second-order valence-electron chi connectivity index (χ2n) is 5.70. The summed E-state index contributed by atoms with van der Waals surface area (Å²) in [5.74, 6) is 5.80. The Balaban J connectivity index is 1.86. The third-order valence-corrected chi connectivity index (χ3v) is 6.06. The first-order valence-corrected chi connectivity index (χ1v) is 8.55. The first-order valence-electron chi connectivity index (χ1n) is 7.35. The highest BCUT2D eigenvalue weighted by atomic mass is 35.5. The molecule has 0 spiro atoms. The third kappa shape index (κ3) is 2.88. The fraction of sp³-hybridized carbons (Fsp3) is 0.533. The van der Waals surface area contributed by atoms with E-state index in [1.165, 1.54) is 41.0 Å². The van der Waals surface area contributed by atoms with E-state index in [4.69, 9.17) is 17.4 Å². The van der Waals surface area contributed by atoms with Crippen molar-refractivity contribution in [3.63, 3.8) is 0 Å². The molecule has 3 N–H and O–H groups in total. The normalized spacial score (nSPS) is 16.0. The SMILES string of the molecule is Cc1nn(C)c(CC(NN)c2cc3c(s2)CCCC3)c1Cl. The first kappa shape index (κ1) is 15.0. The van der Waals surface area contributed by atoms with Crippen molar-refractivity contribution in [3.05, 3.63) is 37.8 Å². The molecule has 4 nitrogen and oxygen atoms in total. The van der Waals surface area contributed by atoms with Gasteiger partial charge in [0.1, 0.15) is 0 Å². The minimum absolute atomic E-state index is 0.0906. The van der Waals surface area contributed by atoms with Crippen LogP contribution in [0.2, 0.25) is 5.02 Å². The van der Waals surface area contributed by atoms with Crippen molar-refractivity contribution in [1.82, 2.24) is 15.2 Å². The van der Waals surface area contributed by atoms with Gasteiger partial charge in [-0.3, -0.25) is 16.0 Å². The average Bonchev–Trinajstić information content (AvgIpc) is 3.00. The topological polar surface area (TPSA) is 55.9 Å². The van der Waals surface area contributed by atoms with E-state index in [1.807, 2.05) is 30.0 Å². The molecule has 0 bridgehead atoms. The van der Waals surface area contributed by atoms with Gasteiger partial charge in [0.05, 0.1) is 22.5 Å². The Morgan fingerprint density at radius 3 is 2.86 bits per heavy atom. The Hall–Kier alpha value is -0.880. The molecule has 1 unspecified atom stereocenters. The minimum atomic E-state index is 0.0906. The first-order chi connectivity index (χ1) is 10.1. The summed E-state index contributed by atoms with van der Waals surface area (Å²) < 4.78 is 1.86. The van der Waals surface area contributed by atoms with Crippen LogP contribution in [0.4, 0.5) is 0 Å². The van der Waals surface area contributed by atoms with Crippen molar-refractivity contribution in [3.8, 4) is 0 Å². The number of fused-ring (bicyclic) bond motifs is 1. The standard InChI is InChI=1S/C15H21ClN4S/c1-9-15(16)12(20(2)19-9)8-11(18-17)14-7-10-5-3-4-6-13(10)21-14/h7,11,18H,3-6,8,17H2,1-2H3. The Morgan fingerprint density at radius 1 is 1.48 bits per heavy atom. The lowest BCUT2D eigenvalue weighted by atomic mass is 9.98. The molecule has 2 aromatic heterocycles. The van der Waals surface area contributed by atoms with Gasteiger partial charge >= 0.3 is 0 Å². The largest absolute Gasteiger partial charge is 0.271 e. The van der Waals surface area contributed by atoms with Crippen molar-refractivity contribution >= 4 is 22.9 Å². The molecule has 1 aliphatic carbocycles. The van der Waals surface area contributed by atoms with Crippen molar-refractivity contribution in [2.75, 3.05) is 0 Å². The zero-order chi connectivity index (χ0) is 15.0. The highest BCUT2D eigenvalue weighted by molar-refractivity contribution is 7.12. The van der Waals surface area contributed by atoms with Crippen LogP contribution in [0.1, 0.15) is 45.6 Å². The summed E-state index contributed by atoms with van der Waals surface area (Å²) in [7, 11) is 1.93. The molecule has 6 heteroatoms. The highest BCUT2D eigenvalue weighted by Gasteiger charge is 2.21. The summed E-state index contributed by atoms with van der Waals surface area (Å²) in [6, 6.07) is 2.41. The summed E-state index contributed by atoms with van der Waals surface area (Å²) >= 11 is 8.25. The summed E-state index contributed by atoms with van der Waals surface area (Å²) in [6.07, 6.45) is 5.78. The van der Waals surface area contributed by atoms with Gasteiger partial charge < -0.3 is 0 Å². The van der Waals surface area contributed by atoms with Crippen molar-refractivity contribution in [2.24, 2.45) is 12.9 Å². The maximum Gasteiger partial charge on any atom is 0.0847 e. The maximum atomic E-state index is 6.36. The monoisotopic (exact) mass is 324 g/mol. The quantitative estimate of drug-likeness (QED) is 0.671. The highest BCUT2D eigenvalue weighted by Crippen LogP contribution is 2.34.